The Morgan fingerprint density at radius 2 is 0.538 bits per heavy atom. The second kappa shape index (κ2) is 18.9. The Labute approximate surface area is 114 Å². The van der Waals surface area contributed by atoms with Crippen molar-refractivity contribution < 1.29 is 55.3 Å². The Hall–Kier alpha value is 1.20. The van der Waals surface area contributed by atoms with Crippen molar-refractivity contribution in [3.05, 3.63) is 0 Å². The summed E-state index contributed by atoms with van der Waals surface area (Å²) >= 11 is 0. The first-order valence-electron chi connectivity index (χ1n) is 4.17. The fraction of sp³-hybridized carbons (Fsp3) is 1.00. The predicted octanol–water partition coefficient (Wildman–Crippen LogP) is -0.735. The zero-order valence-corrected chi connectivity index (χ0v) is 11.6. The third-order valence-electron chi connectivity index (χ3n) is 0. The quantitative estimate of drug-likeness (QED) is 0.586. The average Bonchev–Trinajstić information content (AvgIpc) is 1.54. The van der Waals surface area contributed by atoms with Gasteiger partial charge in [0.2, 0.25) is 0 Å². The molecule has 0 amide bonds. The molecule has 3 nitrogen and oxygen atoms in total. The van der Waals surface area contributed by atoms with E-state index in [2.05, 4.69) is 0 Å². The first-order valence-corrected chi connectivity index (χ1v) is 4.17. The summed E-state index contributed by atoms with van der Waals surface area (Å²) in [6, 6.07) is 0. The van der Waals surface area contributed by atoms with Crippen LogP contribution < -0.4 is 15.3 Å². The van der Waals surface area contributed by atoms with Crippen LogP contribution in [-0.2, 0) is 0 Å². The summed E-state index contributed by atoms with van der Waals surface area (Å²) in [4.78, 5) is 0. The maximum Gasteiger partial charge on any atom is 3.00 e. The summed E-state index contributed by atoms with van der Waals surface area (Å²) in [7, 11) is 0. The van der Waals surface area contributed by atoms with E-state index < -0.39 is 18.3 Å². The van der Waals surface area contributed by atoms with Gasteiger partial charge in [0.25, 0.3) is 0 Å². The van der Waals surface area contributed by atoms with Gasteiger partial charge in [0.15, 0.2) is 0 Å². The molecule has 0 unspecified atom stereocenters. The number of rotatable bonds is 0. The van der Waals surface area contributed by atoms with Crippen molar-refractivity contribution in [3.63, 3.8) is 0 Å². The van der Waals surface area contributed by atoms with Crippen LogP contribution in [0.1, 0.15) is 41.5 Å². The third kappa shape index (κ3) is 1140. The van der Waals surface area contributed by atoms with Crippen LogP contribution in [-0.4, -0.2) is 18.3 Å². The molecule has 0 aliphatic rings. The van der Waals surface area contributed by atoms with E-state index in [4.69, 9.17) is 0 Å². The van der Waals surface area contributed by atoms with Gasteiger partial charge in [-0.1, -0.05) is 41.5 Å². The van der Waals surface area contributed by atoms with Gasteiger partial charge in [0.05, 0.1) is 0 Å². The molecule has 0 heterocycles. The molecule has 0 saturated heterocycles. The van der Waals surface area contributed by atoms with Crippen molar-refractivity contribution in [2.24, 2.45) is 0 Å². The summed E-state index contributed by atoms with van der Waals surface area (Å²) in [5.41, 5.74) is 0. The van der Waals surface area contributed by atoms with E-state index >= 15 is 0 Å². The standard InChI is InChI=1S/3C3H7O.Gd/c3*1-3(2)4;/h3*3H,1-2H3;/q3*-1;+3. The molecule has 0 aromatic heterocycles. The molecule has 0 rings (SSSR count). The van der Waals surface area contributed by atoms with Gasteiger partial charge in [-0.25, -0.2) is 0 Å². The molecule has 1 radical (unpaired) electrons. The molecule has 0 bridgehead atoms. The van der Waals surface area contributed by atoms with Gasteiger partial charge in [-0.05, 0) is 0 Å². The van der Waals surface area contributed by atoms with Gasteiger partial charge in [0.1, 0.15) is 0 Å². The topological polar surface area (TPSA) is 69.2 Å². The molecule has 0 N–H and O–H groups in total. The van der Waals surface area contributed by atoms with Crippen LogP contribution in [0, 0.1) is 39.9 Å². The van der Waals surface area contributed by atoms with E-state index in [-0.39, 0.29) is 39.9 Å². The van der Waals surface area contributed by atoms with Gasteiger partial charge in [0, 0.05) is 0 Å². The molecule has 0 aromatic rings. The van der Waals surface area contributed by atoms with Crippen LogP contribution in [0.2, 0.25) is 0 Å². The maximum atomic E-state index is 9.53. The number of hydrogen-bond donors (Lipinski definition) is 0. The fourth-order valence-corrected chi connectivity index (χ4v) is 0. The second-order valence-corrected chi connectivity index (χ2v) is 3.15. The van der Waals surface area contributed by atoms with Crippen LogP contribution in [0.3, 0.4) is 0 Å². The largest absolute Gasteiger partial charge is 3.00 e. The Bertz CT molecular complexity index is 43.4. The van der Waals surface area contributed by atoms with E-state index in [1.165, 1.54) is 0 Å². The second-order valence-electron chi connectivity index (χ2n) is 3.15. The predicted molar refractivity (Wildman–Crippen MR) is 45.4 cm³/mol. The molecule has 4 heteroatoms. The first kappa shape index (κ1) is 23.8. The van der Waals surface area contributed by atoms with Crippen molar-refractivity contribution in [3.8, 4) is 0 Å². The molecule has 0 fully saturated rings. The van der Waals surface area contributed by atoms with Crippen LogP contribution in [0.4, 0.5) is 0 Å². The Morgan fingerprint density at radius 1 is 0.538 bits per heavy atom. The minimum Gasteiger partial charge on any atom is -0.852 e. The first-order chi connectivity index (χ1) is 5.20. The van der Waals surface area contributed by atoms with E-state index in [0.717, 1.165) is 0 Å². The molecule has 0 spiro atoms. The summed E-state index contributed by atoms with van der Waals surface area (Å²) in [5, 5.41) is 28.6. The molecule has 0 atom stereocenters. The van der Waals surface area contributed by atoms with Crippen molar-refractivity contribution in [2.45, 2.75) is 59.9 Å². The molecule has 0 aliphatic heterocycles. The molecular formula is C9H21GdO3. The Morgan fingerprint density at radius 3 is 0.538 bits per heavy atom. The van der Waals surface area contributed by atoms with Crippen LogP contribution in [0.15, 0.2) is 0 Å². The molecular weight excluding hydrogens is 313 g/mol. The van der Waals surface area contributed by atoms with E-state index in [9.17, 15) is 15.3 Å². The van der Waals surface area contributed by atoms with E-state index in [1.807, 2.05) is 0 Å². The average molecular weight is 335 g/mol. The molecule has 0 saturated carbocycles. The summed E-state index contributed by atoms with van der Waals surface area (Å²) in [5.74, 6) is 0. The maximum absolute atomic E-state index is 9.53. The van der Waals surface area contributed by atoms with Crippen LogP contribution >= 0.6 is 0 Å². The fourth-order valence-electron chi connectivity index (χ4n) is 0. The van der Waals surface area contributed by atoms with E-state index in [1.54, 1.807) is 41.5 Å². The zero-order chi connectivity index (χ0) is 10.7. The van der Waals surface area contributed by atoms with Gasteiger partial charge in [-0.15, -0.1) is 18.3 Å². The summed E-state index contributed by atoms with van der Waals surface area (Å²) in [6.45, 7) is 9.67. The molecule has 13 heavy (non-hydrogen) atoms. The van der Waals surface area contributed by atoms with Crippen LogP contribution in [0.25, 0.3) is 0 Å². The van der Waals surface area contributed by atoms with Crippen molar-refractivity contribution in [1.82, 2.24) is 0 Å². The normalized spacial score (nSPS) is 8.31. The monoisotopic (exact) mass is 335 g/mol. The van der Waals surface area contributed by atoms with Gasteiger partial charge < -0.3 is 15.3 Å². The van der Waals surface area contributed by atoms with Crippen molar-refractivity contribution in [2.75, 3.05) is 0 Å². The summed E-state index contributed by atoms with van der Waals surface area (Å²) in [6.07, 6.45) is -1.25. The Kier molecular flexibility index (Phi) is 34.6. The van der Waals surface area contributed by atoms with Crippen molar-refractivity contribution >= 4 is 0 Å². The van der Waals surface area contributed by atoms with Crippen LogP contribution in [0.5, 0.6) is 0 Å². The minimum atomic E-state index is -0.417. The van der Waals surface area contributed by atoms with Gasteiger partial charge in [-0.3, -0.25) is 0 Å². The molecule has 0 aliphatic carbocycles. The van der Waals surface area contributed by atoms with Gasteiger partial charge >= 0.3 is 39.9 Å². The zero-order valence-electron chi connectivity index (χ0n) is 9.31. The van der Waals surface area contributed by atoms with E-state index in [0.29, 0.717) is 0 Å². The molecule has 0 aromatic carbocycles. The number of hydrogen-bond acceptors (Lipinski definition) is 3. The molecule has 83 valence electrons. The van der Waals surface area contributed by atoms with Crippen molar-refractivity contribution in [1.29, 1.82) is 0 Å². The Balaban J connectivity index is -0.0000000450. The van der Waals surface area contributed by atoms with Gasteiger partial charge in [-0.2, -0.15) is 0 Å². The SMILES string of the molecule is CC(C)[O-].CC(C)[O-].CC(C)[O-].[Gd+3]. The summed E-state index contributed by atoms with van der Waals surface area (Å²) < 4.78 is 0. The third-order valence-corrected chi connectivity index (χ3v) is 0. The smallest absolute Gasteiger partial charge is 0.852 e. The minimum absolute atomic E-state index is 0.